The van der Waals surface area contributed by atoms with Crippen molar-refractivity contribution in [3.8, 4) is 11.3 Å². The van der Waals surface area contributed by atoms with Crippen molar-refractivity contribution in [2.45, 2.75) is 19.9 Å². The summed E-state index contributed by atoms with van der Waals surface area (Å²) in [5.41, 5.74) is 2.03. The van der Waals surface area contributed by atoms with E-state index in [9.17, 15) is 4.79 Å². The largest absolute Gasteiger partial charge is 0.355 e. The van der Waals surface area contributed by atoms with E-state index < -0.39 is 0 Å². The molecule has 0 saturated carbocycles. The van der Waals surface area contributed by atoms with Gasteiger partial charge < -0.3 is 15.6 Å². The van der Waals surface area contributed by atoms with Gasteiger partial charge in [0.1, 0.15) is 5.82 Å². The number of rotatable bonds is 7. The number of benzene rings is 1. The fourth-order valence-electron chi connectivity index (χ4n) is 1.88. The summed E-state index contributed by atoms with van der Waals surface area (Å²) in [5.74, 6) is 0.823. The Kier molecular flexibility index (Phi) is 5.95. The Morgan fingerprint density at radius 3 is 3.05 bits per heavy atom. The highest BCUT2D eigenvalue weighted by molar-refractivity contribution is 9.10. The lowest BCUT2D eigenvalue weighted by Gasteiger charge is -2.04. The molecule has 0 spiro atoms. The minimum absolute atomic E-state index is 0.00983. The number of carbonyl (C=O) groups excluding carboxylic acids is 1. The molecule has 3 N–H and O–H groups in total. The van der Waals surface area contributed by atoms with Crippen LogP contribution in [0.5, 0.6) is 0 Å². The van der Waals surface area contributed by atoms with Crippen LogP contribution in [0.1, 0.15) is 19.2 Å². The molecule has 2 rings (SSSR count). The van der Waals surface area contributed by atoms with Gasteiger partial charge in [-0.3, -0.25) is 4.79 Å². The van der Waals surface area contributed by atoms with Gasteiger partial charge in [0.2, 0.25) is 5.91 Å². The van der Waals surface area contributed by atoms with Gasteiger partial charge in [0.15, 0.2) is 0 Å². The molecule has 0 aliphatic carbocycles. The summed E-state index contributed by atoms with van der Waals surface area (Å²) in [4.78, 5) is 19.0. The molecule has 0 aliphatic heterocycles. The number of carbonyl (C=O) groups is 1. The topological polar surface area (TPSA) is 69.8 Å². The van der Waals surface area contributed by atoms with Crippen molar-refractivity contribution >= 4 is 21.8 Å². The van der Waals surface area contributed by atoms with Crippen LogP contribution in [-0.4, -0.2) is 29.0 Å². The van der Waals surface area contributed by atoms with E-state index in [0.29, 0.717) is 19.6 Å². The van der Waals surface area contributed by atoms with E-state index in [4.69, 9.17) is 0 Å². The Morgan fingerprint density at radius 2 is 2.29 bits per heavy atom. The molecular weight excluding hydrogens is 332 g/mol. The summed E-state index contributed by atoms with van der Waals surface area (Å²) in [6, 6.07) is 8.02. The first-order chi connectivity index (χ1) is 10.2. The average Bonchev–Trinajstić information content (AvgIpc) is 2.94. The number of imidazole rings is 1. The first-order valence-electron chi connectivity index (χ1n) is 6.96. The van der Waals surface area contributed by atoms with Crippen molar-refractivity contribution in [3.05, 3.63) is 40.8 Å². The molecule has 0 aliphatic rings. The molecule has 0 radical (unpaired) electrons. The summed E-state index contributed by atoms with van der Waals surface area (Å²) >= 11 is 3.45. The highest BCUT2D eigenvalue weighted by Gasteiger charge is 2.05. The number of aromatic nitrogens is 2. The van der Waals surface area contributed by atoms with Crippen molar-refractivity contribution in [3.63, 3.8) is 0 Å². The highest BCUT2D eigenvalue weighted by Crippen LogP contribution is 2.21. The predicted molar refractivity (Wildman–Crippen MR) is 86.7 cm³/mol. The van der Waals surface area contributed by atoms with Crippen LogP contribution in [-0.2, 0) is 11.3 Å². The molecule has 0 saturated heterocycles. The quantitative estimate of drug-likeness (QED) is 0.718. The number of hydrogen-bond acceptors (Lipinski definition) is 3. The fourth-order valence-corrected chi connectivity index (χ4v) is 2.28. The summed E-state index contributed by atoms with van der Waals surface area (Å²) in [6.45, 7) is 3.58. The number of amides is 1. The first-order valence-corrected chi connectivity index (χ1v) is 7.75. The second-order valence-electron chi connectivity index (χ2n) is 4.71. The molecule has 0 bridgehead atoms. The van der Waals surface area contributed by atoms with Crippen LogP contribution in [0.2, 0.25) is 0 Å². The summed E-state index contributed by atoms with van der Waals surface area (Å²) in [5, 5.41) is 5.89. The van der Waals surface area contributed by atoms with Gasteiger partial charge >= 0.3 is 0 Å². The first kappa shape index (κ1) is 15.7. The van der Waals surface area contributed by atoms with Gasteiger partial charge in [0, 0.05) is 16.6 Å². The van der Waals surface area contributed by atoms with Gasteiger partial charge in [-0.1, -0.05) is 35.0 Å². The Morgan fingerprint density at radius 1 is 1.43 bits per heavy atom. The number of H-pyrrole nitrogens is 1. The number of halogens is 1. The zero-order valence-electron chi connectivity index (χ0n) is 11.9. The van der Waals surface area contributed by atoms with E-state index in [-0.39, 0.29) is 5.91 Å². The third-order valence-corrected chi connectivity index (χ3v) is 3.41. The zero-order chi connectivity index (χ0) is 15.1. The molecule has 1 amide bonds. The van der Waals surface area contributed by atoms with Crippen LogP contribution in [0.25, 0.3) is 11.3 Å². The van der Waals surface area contributed by atoms with Gasteiger partial charge in [0.05, 0.1) is 25.0 Å². The van der Waals surface area contributed by atoms with Gasteiger partial charge in [0.25, 0.3) is 0 Å². The lowest BCUT2D eigenvalue weighted by atomic mass is 10.2. The highest BCUT2D eigenvalue weighted by atomic mass is 79.9. The summed E-state index contributed by atoms with van der Waals surface area (Å²) < 4.78 is 1.03. The monoisotopic (exact) mass is 350 g/mol. The van der Waals surface area contributed by atoms with Gasteiger partial charge in [-0.2, -0.15) is 0 Å². The Hall–Kier alpha value is -1.66. The van der Waals surface area contributed by atoms with Crippen molar-refractivity contribution in [2.24, 2.45) is 0 Å². The minimum Gasteiger partial charge on any atom is -0.355 e. The Bertz CT molecular complexity index is 597. The van der Waals surface area contributed by atoms with Gasteiger partial charge in [-0.15, -0.1) is 0 Å². The van der Waals surface area contributed by atoms with Crippen molar-refractivity contribution in [2.75, 3.05) is 13.1 Å². The predicted octanol–water partition coefficient (Wildman–Crippen LogP) is 2.46. The SMILES string of the molecule is CCCNC(=O)CNCc1ncc(-c2cccc(Br)c2)[nH]1. The molecule has 0 atom stereocenters. The maximum absolute atomic E-state index is 11.4. The van der Waals surface area contributed by atoms with Crippen LogP contribution in [0, 0.1) is 0 Å². The molecule has 1 heterocycles. The van der Waals surface area contributed by atoms with Crippen LogP contribution >= 0.6 is 15.9 Å². The number of nitrogens with zero attached hydrogens (tertiary/aromatic N) is 1. The van der Waals surface area contributed by atoms with Gasteiger partial charge in [-0.05, 0) is 18.6 Å². The average molecular weight is 351 g/mol. The van der Waals surface area contributed by atoms with E-state index >= 15 is 0 Å². The van der Waals surface area contributed by atoms with E-state index in [2.05, 4.69) is 36.5 Å². The Labute approximate surface area is 132 Å². The van der Waals surface area contributed by atoms with E-state index in [1.54, 1.807) is 6.20 Å². The van der Waals surface area contributed by atoms with E-state index in [1.165, 1.54) is 0 Å². The molecule has 0 unspecified atom stereocenters. The second-order valence-corrected chi connectivity index (χ2v) is 5.62. The molecule has 0 fully saturated rings. The maximum atomic E-state index is 11.4. The number of aromatic amines is 1. The van der Waals surface area contributed by atoms with Crippen molar-refractivity contribution in [1.82, 2.24) is 20.6 Å². The lowest BCUT2D eigenvalue weighted by molar-refractivity contribution is -0.120. The molecule has 2 aromatic rings. The molecular formula is C15H19BrN4O. The normalized spacial score (nSPS) is 10.6. The molecule has 5 nitrogen and oxygen atoms in total. The third-order valence-electron chi connectivity index (χ3n) is 2.91. The van der Waals surface area contributed by atoms with Gasteiger partial charge in [-0.25, -0.2) is 4.98 Å². The van der Waals surface area contributed by atoms with Crippen LogP contribution in [0.4, 0.5) is 0 Å². The maximum Gasteiger partial charge on any atom is 0.233 e. The molecule has 1 aromatic heterocycles. The summed E-state index contributed by atoms with van der Waals surface area (Å²) in [6.07, 6.45) is 2.75. The van der Waals surface area contributed by atoms with Crippen molar-refractivity contribution < 1.29 is 4.79 Å². The smallest absolute Gasteiger partial charge is 0.233 e. The van der Waals surface area contributed by atoms with Crippen LogP contribution < -0.4 is 10.6 Å². The minimum atomic E-state index is 0.00983. The molecule has 21 heavy (non-hydrogen) atoms. The number of nitrogens with one attached hydrogen (secondary N) is 3. The third kappa shape index (κ3) is 4.99. The number of hydrogen-bond donors (Lipinski definition) is 3. The van der Waals surface area contributed by atoms with E-state index in [0.717, 1.165) is 28.0 Å². The van der Waals surface area contributed by atoms with E-state index in [1.807, 2.05) is 31.2 Å². The van der Waals surface area contributed by atoms with Crippen molar-refractivity contribution in [1.29, 1.82) is 0 Å². The zero-order valence-corrected chi connectivity index (χ0v) is 13.5. The fraction of sp³-hybridized carbons (Fsp3) is 0.333. The molecule has 6 heteroatoms. The lowest BCUT2D eigenvalue weighted by Crippen LogP contribution is -2.34. The molecule has 112 valence electrons. The van der Waals surface area contributed by atoms with Crippen LogP contribution in [0.15, 0.2) is 34.9 Å². The second kappa shape index (κ2) is 7.95. The van der Waals surface area contributed by atoms with Crippen LogP contribution in [0.3, 0.4) is 0 Å². The standard InChI is InChI=1S/C15H19BrN4O/c1-2-6-18-15(21)10-17-9-14-19-8-13(20-14)11-4-3-5-12(16)7-11/h3-5,7-8,17H,2,6,9-10H2,1H3,(H,18,21)(H,19,20). The summed E-state index contributed by atoms with van der Waals surface area (Å²) in [7, 11) is 0. The molecule has 1 aromatic carbocycles. The Balaban J connectivity index is 1.85.